The second kappa shape index (κ2) is 7.09. The predicted octanol–water partition coefficient (Wildman–Crippen LogP) is 1.24. The first-order valence-electron chi connectivity index (χ1n) is 4.66. The molecule has 0 radical (unpaired) electrons. The Labute approximate surface area is 86.4 Å². The molecular formula is C9H20N2OS. The first-order valence-corrected chi connectivity index (χ1v) is 5.07. The van der Waals surface area contributed by atoms with Crippen LogP contribution >= 0.6 is 12.2 Å². The summed E-state index contributed by atoms with van der Waals surface area (Å²) in [6.45, 7) is 8.73. The summed E-state index contributed by atoms with van der Waals surface area (Å²) in [5, 5.41) is 4.02. The van der Waals surface area contributed by atoms with Gasteiger partial charge in [0.1, 0.15) is 0 Å². The molecule has 0 atom stereocenters. The van der Waals surface area contributed by atoms with E-state index in [1.807, 2.05) is 0 Å². The maximum Gasteiger partial charge on any atom is 0.169 e. The van der Waals surface area contributed by atoms with Crippen molar-refractivity contribution in [2.45, 2.75) is 26.8 Å². The second-order valence-corrected chi connectivity index (χ2v) is 3.56. The van der Waals surface area contributed by atoms with E-state index >= 15 is 0 Å². The minimum absolute atomic E-state index is 0.393. The van der Waals surface area contributed by atoms with Crippen LogP contribution in [0.2, 0.25) is 0 Å². The van der Waals surface area contributed by atoms with E-state index in [4.69, 9.17) is 17.0 Å². The Morgan fingerprint density at radius 3 is 2.54 bits per heavy atom. The maximum atomic E-state index is 5.22. The fourth-order valence-electron chi connectivity index (χ4n) is 0.943. The summed E-state index contributed by atoms with van der Waals surface area (Å²) >= 11 is 5.22. The van der Waals surface area contributed by atoms with Crippen LogP contribution in [-0.4, -0.2) is 42.9 Å². The van der Waals surface area contributed by atoms with Crippen LogP contribution in [0.1, 0.15) is 20.8 Å². The highest BCUT2D eigenvalue weighted by molar-refractivity contribution is 7.80. The summed E-state index contributed by atoms with van der Waals surface area (Å²) in [6.07, 6.45) is 0. The summed E-state index contributed by atoms with van der Waals surface area (Å²) in [5.74, 6) is 0. The Morgan fingerprint density at radius 1 is 1.54 bits per heavy atom. The molecule has 0 unspecified atom stereocenters. The van der Waals surface area contributed by atoms with Crippen LogP contribution in [0.4, 0.5) is 0 Å². The lowest BCUT2D eigenvalue weighted by Crippen LogP contribution is -2.43. The van der Waals surface area contributed by atoms with E-state index < -0.39 is 0 Å². The molecule has 0 amide bonds. The smallest absolute Gasteiger partial charge is 0.169 e. The first-order chi connectivity index (χ1) is 6.11. The zero-order valence-corrected chi connectivity index (χ0v) is 9.78. The van der Waals surface area contributed by atoms with Crippen LogP contribution in [0.3, 0.4) is 0 Å². The Kier molecular flexibility index (Phi) is 6.90. The Balaban J connectivity index is 3.84. The monoisotopic (exact) mass is 204 g/mol. The molecule has 0 saturated heterocycles. The average Bonchev–Trinajstić information content (AvgIpc) is 2.04. The minimum Gasteiger partial charge on any atom is -0.383 e. The second-order valence-electron chi connectivity index (χ2n) is 3.18. The highest BCUT2D eigenvalue weighted by atomic mass is 32.1. The average molecular weight is 204 g/mol. The van der Waals surface area contributed by atoms with Gasteiger partial charge in [-0.05, 0) is 33.0 Å². The van der Waals surface area contributed by atoms with Crippen LogP contribution in [0, 0.1) is 0 Å². The van der Waals surface area contributed by atoms with Gasteiger partial charge in [-0.15, -0.1) is 0 Å². The van der Waals surface area contributed by atoms with Crippen molar-refractivity contribution in [2.75, 3.05) is 26.8 Å². The topological polar surface area (TPSA) is 24.5 Å². The van der Waals surface area contributed by atoms with Crippen molar-refractivity contribution >= 4 is 17.3 Å². The van der Waals surface area contributed by atoms with Crippen LogP contribution in [-0.2, 0) is 4.74 Å². The molecule has 4 heteroatoms. The molecule has 0 aromatic heterocycles. The molecule has 0 aromatic rings. The highest BCUT2D eigenvalue weighted by Gasteiger charge is 2.06. The van der Waals surface area contributed by atoms with E-state index in [1.165, 1.54) is 0 Å². The Morgan fingerprint density at radius 2 is 2.15 bits per heavy atom. The van der Waals surface area contributed by atoms with Gasteiger partial charge in [0.05, 0.1) is 6.61 Å². The van der Waals surface area contributed by atoms with Crippen LogP contribution in [0.25, 0.3) is 0 Å². The molecule has 0 fully saturated rings. The van der Waals surface area contributed by atoms with Crippen LogP contribution < -0.4 is 5.32 Å². The van der Waals surface area contributed by atoms with Crippen molar-refractivity contribution in [1.29, 1.82) is 0 Å². The van der Waals surface area contributed by atoms with Crippen molar-refractivity contribution in [1.82, 2.24) is 10.2 Å². The van der Waals surface area contributed by atoms with E-state index in [1.54, 1.807) is 7.11 Å². The lowest BCUT2D eigenvalue weighted by atomic mass is 10.4. The van der Waals surface area contributed by atoms with Gasteiger partial charge in [-0.3, -0.25) is 0 Å². The van der Waals surface area contributed by atoms with Gasteiger partial charge in [0, 0.05) is 26.2 Å². The number of hydrogen-bond donors (Lipinski definition) is 1. The van der Waals surface area contributed by atoms with E-state index in [9.17, 15) is 0 Å². The first kappa shape index (κ1) is 12.7. The molecule has 0 rings (SSSR count). The van der Waals surface area contributed by atoms with Crippen LogP contribution in [0.15, 0.2) is 0 Å². The molecule has 0 heterocycles. The quantitative estimate of drug-likeness (QED) is 0.681. The Bertz CT molecular complexity index is 151. The number of nitrogens with zero attached hydrogens (tertiary/aromatic N) is 1. The molecular weight excluding hydrogens is 184 g/mol. The molecule has 0 bridgehead atoms. The van der Waals surface area contributed by atoms with Gasteiger partial charge in [-0.1, -0.05) is 0 Å². The standard InChI is InChI=1S/C9H20N2OS/c1-5-11(6-7-12-4)9(13)10-8(2)3/h8H,5-7H2,1-4H3,(H,10,13). The van der Waals surface area contributed by atoms with Gasteiger partial charge in [-0.2, -0.15) is 0 Å². The minimum atomic E-state index is 0.393. The highest BCUT2D eigenvalue weighted by Crippen LogP contribution is 1.91. The van der Waals surface area contributed by atoms with Gasteiger partial charge in [-0.25, -0.2) is 0 Å². The molecule has 0 aliphatic heterocycles. The maximum absolute atomic E-state index is 5.22. The molecule has 0 saturated carbocycles. The van der Waals surface area contributed by atoms with Gasteiger partial charge in [0.25, 0.3) is 0 Å². The lowest BCUT2D eigenvalue weighted by Gasteiger charge is -2.25. The summed E-state index contributed by atoms with van der Waals surface area (Å²) in [4.78, 5) is 2.10. The number of rotatable bonds is 5. The summed E-state index contributed by atoms with van der Waals surface area (Å²) in [5.41, 5.74) is 0. The van der Waals surface area contributed by atoms with Crippen molar-refractivity contribution < 1.29 is 4.74 Å². The summed E-state index contributed by atoms with van der Waals surface area (Å²) in [6, 6.07) is 0.393. The third-order valence-electron chi connectivity index (χ3n) is 1.65. The van der Waals surface area contributed by atoms with Gasteiger partial charge in [0.2, 0.25) is 0 Å². The fraction of sp³-hybridized carbons (Fsp3) is 0.889. The van der Waals surface area contributed by atoms with E-state index in [0.29, 0.717) is 12.6 Å². The molecule has 1 N–H and O–H groups in total. The zero-order chi connectivity index (χ0) is 10.3. The number of hydrogen-bond acceptors (Lipinski definition) is 2. The van der Waals surface area contributed by atoms with Gasteiger partial charge >= 0.3 is 0 Å². The molecule has 0 aliphatic rings. The lowest BCUT2D eigenvalue weighted by molar-refractivity contribution is 0.177. The number of likely N-dealkylation sites (N-methyl/N-ethyl adjacent to an activating group) is 1. The predicted molar refractivity (Wildman–Crippen MR) is 60.0 cm³/mol. The fourth-order valence-corrected chi connectivity index (χ4v) is 1.40. The van der Waals surface area contributed by atoms with Crippen molar-refractivity contribution in [3.8, 4) is 0 Å². The largest absolute Gasteiger partial charge is 0.383 e. The van der Waals surface area contributed by atoms with E-state index in [-0.39, 0.29) is 0 Å². The van der Waals surface area contributed by atoms with E-state index in [0.717, 1.165) is 18.2 Å². The normalized spacial score (nSPS) is 10.2. The third kappa shape index (κ3) is 5.82. The number of ether oxygens (including phenoxy) is 1. The molecule has 0 aromatic carbocycles. The van der Waals surface area contributed by atoms with Crippen molar-refractivity contribution in [3.05, 3.63) is 0 Å². The van der Waals surface area contributed by atoms with Gasteiger partial charge in [0.15, 0.2) is 5.11 Å². The van der Waals surface area contributed by atoms with Crippen LogP contribution in [0.5, 0.6) is 0 Å². The van der Waals surface area contributed by atoms with Gasteiger partial charge < -0.3 is 15.0 Å². The van der Waals surface area contributed by atoms with E-state index in [2.05, 4.69) is 31.0 Å². The number of methoxy groups -OCH3 is 1. The summed E-state index contributed by atoms with van der Waals surface area (Å²) in [7, 11) is 1.70. The van der Waals surface area contributed by atoms with Crippen molar-refractivity contribution in [3.63, 3.8) is 0 Å². The Hall–Kier alpha value is -0.350. The number of nitrogens with one attached hydrogen (secondary N) is 1. The zero-order valence-electron chi connectivity index (χ0n) is 8.96. The third-order valence-corrected chi connectivity index (χ3v) is 2.02. The summed E-state index contributed by atoms with van der Waals surface area (Å²) < 4.78 is 5.00. The SMILES string of the molecule is CCN(CCOC)C(=S)NC(C)C. The molecule has 3 nitrogen and oxygen atoms in total. The molecule has 0 spiro atoms. The molecule has 0 aliphatic carbocycles. The molecule has 78 valence electrons. The molecule has 13 heavy (non-hydrogen) atoms. The number of thiocarbonyl (C=S) groups is 1. The van der Waals surface area contributed by atoms with Crippen molar-refractivity contribution in [2.24, 2.45) is 0 Å².